The number of primary amides is 1. The molecule has 3 N–H and O–H groups in total. The van der Waals surface area contributed by atoms with Crippen molar-refractivity contribution in [2.24, 2.45) is 5.73 Å². The Kier molecular flexibility index (Phi) is 7.54. The summed E-state index contributed by atoms with van der Waals surface area (Å²) >= 11 is 1.21. The molecule has 0 radical (unpaired) electrons. The highest BCUT2D eigenvalue weighted by Gasteiger charge is 2.30. The van der Waals surface area contributed by atoms with E-state index in [-0.39, 0.29) is 18.2 Å². The molecule has 0 bridgehead atoms. The molecule has 3 aromatic rings. The van der Waals surface area contributed by atoms with Crippen LogP contribution in [-0.2, 0) is 4.74 Å². The Morgan fingerprint density at radius 3 is 2.54 bits per heavy atom. The molecule has 1 saturated carbocycles. The Balaban J connectivity index is 1.48. The van der Waals surface area contributed by atoms with Crippen LogP contribution in [0.25, 0.3) is 10.2 Å². The van der Waals surface area contributed by atoms with E-state index in [0.29, 0.717) is 50.8 Å². The lowest BCUT2D eigenvalue weighted by Gasteiger charge is -2.35. The lowest BCUT2D eigenvalue weighted by Crippen LogP contribution is -2.43. The molecule has 1 aliphatic carbocycles. The lowest BCUT2D eigenvalue weighted by atomic mass is 9.92. The van der Waals surface area contributed by atoms with Crippen molar-refractivity contribution in [3.63, 3.8) is 0 Å². The third-order valence-electron chi connectivity index (χ3n) is 6.31. The minimum Gasteiger partial charge on any atom is -0.488 e. The molecule has 11 heteroatoms. The predicted octanol–water partition coefficient (Wildman–Crippen LogP) is 5.54. The highest BCUT2D eigenvalue weighted by atomic mass is 32.1. The molecule has 198 valence electrons. The standard InChI is InChI=1S/C26H32FN5O4S/c1-14-20-23(29-13-30-24(20)37-21(14)22(28)33)31-18-11-6-15(27)12-19(18)35-17-9-7-16(8-10-17)32(5)25(34)36-26(2,3)4/h6,11-13,16-17H,7-10H2,1-5H3,(H2,28,33)(H,29,30,31). The van der Waals surface area contributed by atoms with Crippen LogP contribution in [0, 0.1) is 12.7 Å². The molecule has 0 aliphatic heterocycles. The Morgan fingerprint density at radius 2 is 1.89 bits per heavy atom. The van der Waals surface area contributed by atoms with Gasteiger partial charge in [0.05, 0.1) is 22.1 Å². The number of benzene rings is 1. The molecule has 0 spiro atoms. The highest BCUT2D eigenvalue weighted by Crippen LogP contribution is 2.37. The number of rotatable bonds is 6. The number of halogens is 1. The van der Waals surface area contributed by atoms with Gasteiger partial charge in [-0.05, 0) is 71.1 Å². The molecule has 37 heavy (non-hydrogen) atoms. The number of nitrogens with two attached hydrogens (primary N) is 1. The average molecular weight is 530 g/mol. The van der Waals surface area contributed by atoms with Crippen molar-refractivity contribution < 1.29 is 23.5 Å². The maximum absolute atomic E-state index is 14.2. The third kappa shape index (κ3) is 6.10. The van der Waals surface area contributed by atoms with Crippen LogP contribution in [0.2, 0.25) is 0 Å². The molecule has 0 atom stereocenters. The van der Waals surface area contributed by atoms with Gasteiger partial charge in [-0.25, -0.2) is 19.2 Å². The molecule has 1 aliphatic rings. The fourth-order valence-corrected chi connectivity index (χ4v) is 5.44. The predicted molar refractivity (Wildman–Crippen MR) is 141 cm³/mol. The van der Waals surface area contributed by atoms with E-state index in [9.17, 15) is 14.0 Å². The molecule has 9 nitrogen and oxygen atoms in total. The Labute approximate surface area is 219 Å². The summed E-state index contributed by atoms with van der Waals surface area (Å²) in [6, 6.07) is 4.33. The van der Waals surface area contributed by atoms with Crippen molar-refractivity contribution in [2.75, 3.05) is 12.4 Å². The van der Waals surface area contributed by atoms with E-state index in [1.54, 1.807) is 24.9 Å². The van der Waals surface area contributed by atoms with Gasteiger partial charge in [0.15, 0.2) is 0 Å². The van der Waals surface area contributed by atoms with Crippen LogP contribution >= 0.6 is 11.3 Å². The first-order chi connectivity index (χ1) is 17.4. The van der Waals surface area contributed by atoms with Crippen molar-refractivity contribution in [1.29, 1.82) is 0 Å². The molecule has 1 fully saturated rings. The van der Waals surface area contributed by atoms with Crippen molar-refractivity contribution in [3.8, 4) is 5.75 Å². The average Bonchev–Trinajstić information content (AvgIpc) is 3.17. The third-order valence-corrected chi connectivity index (χ3v) is 7.53. The zero-order chi connectivity index (χ0) is 26.9. The van der Waals surface area contributed by atoms with E-state index >= 15 is 0 Å². The summed E-state index contributed by atoms with van der Waals surface area (Å²) in [7, 11) is 1.76. The SMILES string of the molecule is Cc1c(C(N)=O)sc2ncnc(Nc3ccc(F)cc3OC3CCC(N(C)C(=O)OC(C)(C)C)CC3)c12. The molecular formula is C26H32FN5O4S. The van der Waals surface area contributed by atoms with Gasteiger partial charge in [0.1, 0.15) is 34.1 Å². The van der Waals surface area contributed by atoms with Crippen molar-refractivity contribution in [3.05, 3.63) is 40.8 Å². The Hall–Kier alpha value is -3.47. The fraction of sp³-hybridized carbons (Fsp3) is 0.462. The number of anilines is 2. The van der Waals surface area contributed by atoms with E-state index in [2.05, 4.69) is 15.3 Å². The monoisotopic (exact) mass is 529 g/mol. The zero-order valence-electron chi connectivity index (χ0n) is 21.6. The normalized spacial score (nSPS) is 17.9. The zero-order valence-corrected chi connectivity index (χ0v) is 22.4. The van der Waals surface area contributed by atoms with Gasteiger partial charge in [-0.3, -0.25) is 4.79 Å². The summed E-state index contributed by atoms with van der Waals surface area (Å²) in [6.07, 6.45) is 3.82. The fourth-order valence-electron chi connectivity index (χ4n) is 4.44. The van der Waals surface area contributed by atoms with Gasteiger partial charge < -0.3 is 25.4 Å². The van der Waals surface area contributed by atoms with Crippen LogP contribution in [0.3, 0.4) is 0 Å². The topological polar surface area (TPSA) is 120 Å². The van der Waals surface area contributed by atoms with Gasteiger partial charge >= 0.3 is 6.09 Å². The first kappa shape index (κ1) is 26.6. The Morgan fingerprint density at radius 1 is 1.19 bits per heavy atom. The molecular weight excluding hydrogens is 497 g/mol. The molecule has 4 rings (SSSR count). The summed E-state index contributed by atoms with van der Waals surface area (Å²) in [5.74, 6) is -0.108. The second-order valence-electron chi connectivity index (χ2n) is 10.2. The summed E-state index contributed by atoms with van der Waals surface area (Å²) in [5.41, 5.74) is 6.19. The summed E-state index contributed by atoms with van der Waals surface area (Å²) in [5, 5.41) is 3.91. The summed E-state index contributed by atoms with van der Waals surface area (Å²) in [4.78, 5) is 35.6. The molecule has 2 heterocycles. The maximum Gasteiger partial charge on any atom is 0.410 e. The van der Waals surface area contributed by atoms with Crippen LogP contribution in [0.1, 0.15) is 61.7 Å². The van der Waals surface area contributed by atoms with E-state index in [4.69, 9.17) is 15.2 Å². The number of thiophene rings is 1. The van der Waals surface area contributed by atoms with E-state index in [1.807, 2.05) is 20.8 Å². The van der Waals surface area contributed by atoms with Crippen LogP contribution in [0.15, 0.2) is 24.5 Å². The van der Waals surface area contributed by atoms with Crippen LogP contribution < -0.4 is 15.8 Å². The van der Waals surface area contributed by atoms with Gasteiger partial charge in [-0.15, -0.1) is 11.3 Å². The number of hydrogen-bond donors (Lipinski definition) is 2. The van der Waals surface area contributed by atoms with Crippen molar-refractivity contribution in [2.45, 2.75) is 71.1 Å². The number of fused-ring (bicyclic) bond motifs is 1. The van der Waals surface area contributed by atoms with Crippen LogP contribution in [0.5, 0.6) is 5.75 Å². The number of ether oxygens (including phenoxy) is 2. The molecule has 1 aromatic carbocycles. The van der Waals surface area contributed by atoms with Gasteiger partial charge in [-0.2, -0.15) is 0 Å². The van der Waals surface area contributed by atoms with Gasteiger partial charge in [-0.1, -0.05) is 0 Å². The van der Waals surface area contributed by atoms with E-state index in [0.717, 1.165) is 12.8 Å². The smallest absolute Gasteiger partial charge is 0.410 e. The highest BCUT2D eigenvalue weighted by molar-refractivity contribution is 7.20. The molecule has 0 saturated heterocycles. The number of hydrogen-bond acceptors (Lipinski definition) is 8. The van der Waals surface area contributed by atoms with Crippen LogP contribution in [-0.4, -0.2) is 51.7 Å². The summed E-state index contributed by atoms with van der Waals surface area (Å²) < 4.78 is 25.9. The second-order valence-corrected chi connectivity index (χ2v) is 11.2. The minimum atomic E-state index is -0.551. The number of aryl methyl sites for hydroxylation is 1. The number of nitrogens with zero attached hydrogens (tertiary/aromatic N) is 3. The first-order valence-electron chi connectivity index (χ1n) is 12.2. The van der Waals surface area contributed by atoms with Crippen molar-refractivity contribution >= 4 is 45.1 Å². The summed E-state index contributed by atoms with van der Waals surface area (Å²) in [6.45, 7) is 7.33. The lowest BCUT2D eigenvalue weighted by molar-refractivity contribution is 0.0139. The minimum absolute atomic E-state index is 0.0510. The number of carbonyl (C=O) groups is 2. The molecule has 2 amide bonds. The molecule has 2 aromatic heterocycles. The van der Waals surface area contributed by atoms with Gasteiger partial charge in [0, 0.05) is 19.2 Å². The number of amides is 2. The maximum atomic E-state index is 14.2. The number of aromatic nitrogens is 2. The van der Waals surface area contributed by atoms with Gasteiger partial charge in [0.2, 0.25) is 0 Å². The van der Waals surface area contributed by atoms with Crippen molar-refractivity contribution in [1.82, 2.24) is 14.9 Å². The van der Waals surface area contributed by atoms with E-state index in [1.165, 1.54) is 29.8 Å². The number of carbonyl (C=O) groups excluding carboxylic acids is 2. The number of nitrogens with one attached hydrogen (secondary N) is 1. The van der Waals surface area contributed by atoms with Gasteiger partial charge in [0.25, 0.3) is 5.91 Å². The second kappa shape index (κ2) is 10.5. The first-order valence-corrected chi connectivity index (χ1v) is 13.0. The van der Waals surface area contributed by atoms with E-state index < -0.39 is 17.3 Å². The Bertz CT molecular complexity index is 1310. The molecule has 0 unspecified atom stereocenters. The largest absolute Gasteiger partial charge is 0.488 e. The quantitative estimate of drug-likeness (QED) is 0.430. The van der Waals surface area contributed by atoms with Crippen LogP contribution in [0.4, 0.5) is 20.7 Å².